The Morgan fingerprint density at radius 2 is 2.18 bits per heavy atom. The molecule has 1 aromatic carbocycles. The third-order valence-corrected chi connectivity index (χ3v) is 4.56. The molecule has 22 heavy (non-hydrogen) atoms. The molecular formula is C18H27NO3. The van der Waals surface area contributed by atoms with Gasteiger partial charge in [-0.25, -0.2) is 0 Å². The van der Waals surface area contributed by atoms with Gasteiger partial charge in [-0.05, 0) is 68.8 Å². The quantitative estimate of drug-likeness (QED) is 0.908. The summed E-state index contributed by atoms with van der Waals surface area (Å²) < 4.78 is 17.1. The third-order valence-electron chi connectivity index (χ3n) is 4.56. The van der Waals surface area contributed by atoms with E-state index in [1.54, 1.807) is 7.11 Å². The second kappa shape index (κ2) is 7.84. The van der Waals surface area contributed by atoms with Crippen LogP contribution < -0.4 is 14.8 Å². The van der Waals surface area contributed by atoms with Crippen molar-refractivity contribution in [2.75, 3.05) is 33.4 Å². The fraction of sp³-hybridized carbons (Fsp3) is 0.667. The smallest absolute Gasteiger partial charge is 0.161 e. The Hall–Kier alpha value is -1.26. The first-order valence-electron chi connectivity index (χ1n) is 8.47. The average Bonchev–Trinajstić information content (AvgIpc) is 2.58. The minimum atomic E-state index is 0.149. The first-order chi connectivity index (χ1) is 10.8. The molecule has 3 rings (SSSR count). The van der Waals surface area contributed by atoms with E-state index in [0.717, 1.165) is 56.4 Å². The molecule has 0 amide bonds. The van der Waals surface area contributed by atoms with E-state index in [1.807, 2.05) is 0 Å². The maximum absolute atomic E-state index is 6.06. The molecule has 0 radical (unpaired) electrons. The fourth-order valence-electron chi connectivity index (χ4n) is 3.35. The highest BCUT2D eigenvalue weighted by atomic mass is 16.5. The van der Waals surface area contributed by atoms with E-state index in [2.05, 4.69) is 23.5 Å². The van der Waals surface area contributed by atoms with Gasteiger partial charge in [0.15, 0.2) is 11.5 Å². The van der Waals surface area contributed by atoms with E-state index in [9.17, 15) is 0 Å². The van der Waals surface area contributed by atoms with Gasteiger partial charge >= 0.3 is 0 Å². The number of ether oxygens (including phenoxy) is 3. The van der Waals surface area contributed by atoms with Gasteiger partial charge in [-0.1, -0.05) is 6.07 Å². The van der Waals surface area contributed by atoms with Crippen molar-refractivity contribution < 1.29 is 14.2 Å². The molecule has 1 N–H and O–H groups in total. The lowest BCUT2D eigenvalue weighted by Gasteiger charge is -2.25. The van der Waals surface area contributed by atoms with E-state index in [-0.39, 0.29) is 6.10 Å². The highest BCUT2D eigenvalue weighted by Crippen LogP contribution is 2.31. The van der Waals surface area contributed by atoms with Crippen molar-refractivity contribution in [3.05, 3.63) is 23.8 Å². The van der Waals surface area contributed by atoms with Crippen LogP contribution in [-0.4, -0.2) is 39.5 Å². The van der Waals surface area contributed by atoms with Gasteiger partial charge in [0.25, 0.3) is 0 Å². The lowest BCUT2D eigenvalue weighted by atomic mass is 9.92. The van der Waals surface area contributed by atoms with Crippen molar-refractivity contribution in [1.82, 2.24) is 5.32 Å². The lowest BCUT2D eigenvalue weighted by molar-refractivity contribution is 0.00643. The summed E-state index contributed by atoms with van der Waals surface area (Å²) in [5, 5.41) is 3.48. The highest BCUT2D eigenvalue weighted by Gasteiger charge is 2.19. The van der Waals surface area contributed by atoms with Gasteiger partial charge < -0.3 is 19.5 Å². The minimum absolute atomic E-state index is 0.149. The number of benzene rings is 1. The molecule has 0 bridgehead atoms. The Balaban J connectivity index is 1.64. The van der Waals surface area contributed by atoms with Crippen molar-refractivity contribution in [3.8, 4) is 11.5 Å². The van der Waals surface area contributed by atoms with Crippen molar-refractivity contribution in [3.63, 3.8) is 0 Å². The molecule has 0 saturated carbocycles. The van der Waals surface area contributed by atoms with Gasteiger partial charge in [0, 0.05) is 6.61 Å². The second-order valence-corrected chi connectivity index (χ2v) is 6.36. The summed E-state index contributed by atoms with van der Waals surface area (Å²) >= 11 is 0. The molecule has 0 aromatic heterocycles. The highest BCUT2D eigenvalue weighted by molar-refractivity contribution is 5.43. The van der Waals surface area contributed by atoms with E-state index in [1.165, 1.54) is 18.4 Å². The van der Waals surface area contributed by atoms with Crippen LogP contribution in [-0.2, 0) is 11.2 Å². The molecule has 2 unspecified atom stereocenters. The first-order valence-corrected chi connectivity index (χ1v) is 8.47. The van der Waals surface area contributed by atoms with E-state index in [4.69, 9.17) is 14.2 Å². The van der Waals surface area contributed by atoms with Crippen molar-refractivity contribution >= 4 is 0 Å². The molecule has 2 atom stereocenters. The summed E-state index contributed by atoms with van der Waals surface area (Å²) in [6, 6.07) is 6.36. The van der Waals surface area contributed by atoms with Crippen molar-refractivity contribution in [2.24, 2.45) is 5.92 Å². The first kappa shape index (κ1) is 15.6. The maximum atomic E-state index is 6.06. The van der Waals surface area contributed by atoms with Gasteiger partial charge in [0.1, 0.15) is 6.10 Å². The van der Waals surface area contributed by atoms with Crippen LogP contribution in [0.5, 0.6) is 11.5 Å². The van der Waals surface area contributed by atoms with Gasteiger partial charge in [-0.3, -0.25) is 0 Å². The molecule has 122 valence electrons. The van der Waals surface area contributed by atoms with E-state index >= 15 is 0 Å². The van der Waals surface area contributed by atoms with E-state index in [0.29, 0.717) is 6.61 Å². The predicted molar refractivity (Wildman–Crippen MR) is 86.8 cm³/mol. The summed E-state index contributed by atoms with van der Waals surface area (Å²) in [5.41, 5.74) is 1.33. The molecule has 0 spiro atoms. The number of hydrogen-bond acceptors (Lipinski definition) is 4. The average molecular weight is 305 g/mol. The van der Waals surface area contributed by atoms with Gasteiger partial charge in [-0.15, -0.1) is 0 Å². The third kappa shape index (κ3) is 4.14. The molecule has 4 heteroatoms. The Bertz CT molecular complexity index is 465. The van der Waals surface area contributed by atoms with Gasteiger partial charge in [0.05, 0.1) is 13.7 Å². The molecule has 0 aliphatic carbocycles. The van der Waals surface area contributed by atoms with Crippen LogP contribution >= 0.6 is 0 Å². The molecule has 2 fully saturated rings. The van der Waals surface area contributed by atoms with Crippen LogP contribution in [0.15, 0.2) is 18.2 Å². The predicted octanol–water partition coefficient (Wildman–Crippen LogP) is 2.80. The van der Waals surface area contributed by atoms with Crippen LogP contribution in [0.4, 0.5) is 0 Å². The SMILES string of the molecule is COc1cc(CC2CCCNC2)ccc1OC1CCCOC1. The van der Waals surface area contributed by atoms with Crippen LogP contribution in [0.25, 0.3) is 0 Å². The number of methoxy groups -OCH3 is 1. The van der Waals surface area contributed by atoms with Gasteiger partial charge in [0.2, 0.25) is 0 Å². The second-order valence-electron chi connectivity index (χ2n) is 6.36. The number of rotatable bonds is 5. The lowest BCUT2D eigenvalue weighted by Crippen LogP contribution is -2.30. The standard InChI is InChI=1S/C18H27NO3/c1-20-18-11-14(10-15-4-2-8-19-12-15)6-7-17(18)22-16-5-3-9-21-13-16/h6-7,11,15-16,19H,2-5,8-10,12-13H2,1H3. The molecule has 2 aliphatic heterocycles. The number of nitrogens with one attached hydrogen (secondary N) is 1. The normalized spacial score (nSPS) is 25.7. The Kier molecular flexibility index (Phi) is 5.57. The Morgan fingerprint density at radius 3 is 2.91 bits per heavy atom. The summed E-state index contributed by atoms with van der Waals surface area (Å²) in [6.07, 6.45) is 5.97. The van der Waals surface area contributed by atoms with Crippen LogP contribution in [0.2, 0.25) is 0 Å². The molecule has 1 aromatic rings. The summed E-state index contributed by atoms with van der Waals surface area (Å²) in [4.78, 5) is 0. The molecule has 2 saturated heterocycles. The number of piperidine rings is 1. The Morgan fingerprint density at radius 1 is 1.23 bits per heavy atom. The zero-order valence-electron chi connectivity index (χ0n) is 13.5. The Labute approximate surface area is 133 Å². The van der Waals surface area contributed by atoms with Crippen LogP contribution in [0.1, 0.15) is 31.2 Å². The molecule has 2 heterocycles. The van der Waals surface area contributed by atoms with Crippen molar-refractivity contribution in [1.29, 1.82) is 0 Å². The summed E-state index contributed by atoms with van der Waals surface area (Å²) in [7, 11) is 1.71. The molecule has 2 aliphatic rings. The zero-order valence-corrected chi connectivity index (χ0v) is 13.5. The van der Waals surface area contributed by atoms with E-state index < -0.39 is 0 Å². The largest absolute Gasteiger partial charge is 0.493 e. The van der Waals surface area contributed by atoms with Crippen LogP contribution in [0, 0.1) is 5.92 Å². The summed E-state index contributed by atoms with van der Waals surface area (Å²) in [5.74, 6) is 2.41. The number of hydrogen-bond donors (Lipinski definition) is 1. The summed E-state index contributed by atoms with van der Waals surface area (Å²) in [6.45, 7) is 3.82. The van der Waals surface area contributed by atoms with Crippen molar-refractivity contribution in [2.45, 2.75) is 38.2 Å². The molecule has 4 nitrogen and oxygen atoms in total. The maximum Gasteiger partial charge on any atom is 0.161 e. The van der Waals surface area contributed by atoms with Gasteiger partial charge in [-0.2, -0.15) is 0 Å². The fourth-order valence-corrected chi connectivity index (χ4v) is 3.35. The molecular weight excluding hydrogens is 278 g/mol. The van der Waals surface area contributed by atoms with Crippen LogP contribution in [0.3, 0.4) is 0 Å². The zero-order chi connectivity index (χ0) is 15.2. The monoisotopic (exact) mass is 305 g/mol. The minimum Gasteiger partial charge on any atom is -0.493 e. The topological polar surface area (TPSA) is 39.7 Å².